The largest absolute Gasteiger partial charge is 0.344 e. The zero-order chi connectivity index (χ0) is 35.9. The van der Waals surface area contributed by atoms with E-state index in [0.717, 1.165) is 31.2 Å². The highest BCUT2D eigenvalue weighted by Crippen LogP contribution is 2.39. The number of carbonyl (C=O) groups is 5. The summed E-state index contributed by atoms with van der Waals surface area (Å²) in [5.41, 5.74) is 2.64. The van der Waals surface area contributed by atoms with Crippen molar-refractivity contribution in [2.75, 3.05) is 19.6 Å². The molecule has 1 spiro atoms. The van der Waals surface area contributed by atoms with E-state index in [4.69, 9.17) is 16.4 Å². The van der Waals surface area contributed by atoms with E-state index in [1.165, 1.54) is 16.2 Å². The molecule has 49 heavy (non-hydrogen) atoms. The van der Waals surface area contributed by atoms with Gasteiger partial charge in [-0.3, -0.25) is 34.3 Å². The number of hydroxylamine groups is 1. The lowest BCUT2D eigenvalue weighted by Gasteiger charge is -2.36. The van der Waals surface area contributed by atoms with Gasteiger partial charge in [-0.1, -0.05) is 77.1 Å². The maximum absolute atomic E-state index is 14.6. The Kier molecular flexibility index (Phi) is 12.9. The van der Waals surface area contributed by atoms with Crippen LogP contribution in [-0.4, -0.2) is 82.6 Å². The van der Waals surface area contributed by atoms with Crippen LogP contribution >= 0.6 is 11.6 Å². The van der Waals surface area contributed by atoms with Crippen molar-refractivity contribution in [3.05, 3.63) is 40.9 Å². The third-order valence-electron chi connectivity index (χ3n) is 9.93. The summed E-state index contributed by atoms with van der Waals surface area (Å²) in [6.07, 6.45) is 8.51. The number of likely N-dealkylation sites (N-methyl/N-ethyl adjacent to an activating group) is 1. The Hall–Kier alpha value is -3.44. The second kappa shape index (κ2) is 16.5. The number of hydrogen-bond acceptors (Lipinski definition) is 7. The topological polar surface area (TPSA) is 137 Å². The van der Waals surface area contributed by atoms with E-state index < -0.39 is 52.6 Å². The Morgan fingerprint density at radius 3 is 2.37 bits per heavy atom. The van der Waals surface area contributed by atoms with Gasteiger partial charge in [-0.15, -0.1) is 0 Å². The first-order chi connectivity index (χ1) is 23.2. The first kappa shape index (κ1) is 38.4. The summed E-state index contributed by atoms with van der Waals surface area (Å²) >= 11 is 6.25. The Bertz CT molecular complexity index is 1420. The minimum atomic E-state index is -1.08. The minimum Gasteiger partial charge on any atom is -0.344 e. The molecule has 2 fully saturated rings. The Morgan fingerprint density at radius 2 is 1.76 bits per heavy atom. The molecule has 1 saturated carbocycles. The molecule has 4 rings (SSSR count). The summed E-state index contributed by atoms with van der Waals surface area (Å²) in [5.74, 6) is -2.19. The lowest BCUT2D eigenvalue weighted by molar-refractivity contribution is -0.147. The van der Waals surface area contributed by atoms with Gasteiger partial charge in [0.25, 0.3) is 5.91 Å². The minimum absolute atomic E-state index is 0.0246. The van der Waals surface area contributed by atoms with E-state index in [-0.39, 0.29) is 31.2 Å². The molecule has 0 radical (unpaired) electrons. The third kappa shape index (κ3) is 9.42. The van der Waals surface area contributed by atoms with Crippen molar-refractivity contribution in [2.24, 2.45) is 11.3 Å². The predicted octanol–water partition coefficient (Wildman–Crippen LogP) is 4.78. The highest BCUT2D eigenvalue weighted by molar-refractivity contribution is 6.38. The molecule has 270 valence electrons. The van der Waals surface area contributed by atoms with E-state index in [2.05, 4.69) is 16.1 Å². The van der Waals surface area contributed by atoms with Crippen LogP contribution in [0.1, 0.15) is 105 Å². The summed E-state index contributed by atoms with van der Waals surface area (Å²) < 4.78 is 0. The Morgan fingerprint density at radius 1 is 1.06 bits per heavy atom. The zero-order valence-corrected chi connectivity index (χ0v) is 30.7. The number of likely N-dealkylation sites (tertiary alicyclic amines) is 1. The summed E-state index contributed by atoms with van der Waals surface area (Å²) in [6.45, 7) is 11.9. The van der Waals surface area contributed by atoms with Crippen LogP contribution in [0.15, 0.2) is 30.3 Å². The number of ketones is 1. The first-order valence-electron chi connectivity index (χ1n) is 17.9. The van der Waals surface area contributed by atoms with E-state index in [0.29, 0.717) is 36.7 Å². The number of rotatable bonds is 13. The second-order valence-corrected chi connectivity index (χ2v) is 15.2. The molecule has 4 amide bonds. The number of nitrogens with zero attached hydrogens (tertiary/aromatic N) is 2. The molecule has 1 saturated heterocycles. The van der Waals surface area contributed by atoms with Crippen LogP contribution in [-0.2, 0) is 28.8 Å². The van der Waals surface area contributed by atoms with Gasteiger partial charge in [0.15, 0.2) is 0 Å². The Labute approximate surface area is 295 Å². The molecule has 1 aromatic carbocycles. The van der Waals surface area contributed by atoms with Crippen molar-refractivity contribution in [1.29, 1.82) is 0 Å². The maximum Gasteiger partial charge on any atom is 0.292 e. The lowest BCUT2D eigenvalue weighted by Crippen LogP contribution is -2.59. The van der Waals surface area contributed by atoms with Crippen molar-refractivity contribution in [3.8, 4) is 0 Å². The predicted molar refractivity (Wildman–Crippen MR) is 189 cm³/mol. The Balaban J connectivity index is 1.64. The van der Waals surface area contributed by atoms with Crippen LogP contribution in [0.4, 0.5) is 0 Å². The molecule has 2 aliphatic heterocycles. The molecule has 12 heteroatoms. The average Bonchev–Trinajstić information content (AvgIpc) is 3.66. The van der Waals surface area contributed by atoms with E-state index >= 15 is 0 Å². The van der Waals surface area contributed by atoms with Crippen LogP contribution in [0.2, 0.25) is 5.02 Å². The number of benzene rings is 1. The van der Waals surface area contributed by atoms with Gasteiger partial charge < -0.3 is 20.4 Å². The lowest BCUT2D eigenvalue weighted by atomic mass is 9.84. The SMILES string of the molecule is CCC[C@H](NC(=O)[C@@H]1C[C@]2(C=C(c3cccc(Cl)c3)NO2)CN1C(=O)[C@@H](NC(=O)CC1CCCCC1)C(C)(C)C)C(=O)C(=O)N(CC)CC. The van der Waals surface area contributed by atoms with E-state index in [1.807, 2.05) is 45.9 Å². The number of carbonyl (C=O) groups excluding carboxylic acids is 5. The summed E-state index contributed by atoms with van der Waals surface area (Å²) in [6, 6.07) is 4.24. The maximum atomic E-state index is 14.6. The number of amides is 4. The van der Waals surface area contributed by atoms with Crippen molar-refractivity contribution >= 4 is 46.7 Å². The molecule has 0 bridgehead atoms. The van der Waals surface area contributed by atoms with E-state index in [9.17, 15) is 24.0 Å². The van der Waals surface area contributed by atoms with Crippen molar-refractivity contribution in [3.63, 3.8) is 0 Å². The molecule has 1 aromatic rings. The number of hydrogen-bond donors (Lipinski definition) is 3. The normalized spacial score (nSPS) is 22.2. The summed E-state index contributed by atoms with van der Waals surface area (Å²) in [7, 11) is 0. The number of nitrogens with one attached hydrogen (secondary N) is 3. The van der Waals surface area contributed by atoms with Gasteiger partial charge in [-0.2, -0.15) is 0 Å². The molecule has 11 nitrogen and oxygen atoms in total. The van der Waals surface area contributed by atoms with Crippen molar-refractivity contribution in [2.45, 2.75) is 123 Å². The molecule has 0 aromatic heterocycles. The van der Waals surface area contributed by atoms with Gasteiger partial charge in [0.05, 0.1) is 18.3 Å². The smallest absolute Gasteiger partial charge is 0.292 e. The number of Topliss-reactive ketones (excluding diaryl/α,β-unsaturated/α-hetero) is 1. The van der Waals surface area contributed by atoms with Gasteiger partial charge in [-0.05, 0) is 62.7 Å². The van der Waals surface area contributed by atoms with Crippen LogP contribution in [0.3, 0.4) is 0 Å². The summed E-state index contributed by atoms with van der Waals surface area (Å²) in [5, 5.41) is 6.40. The molecule has 3 N–H and O–H groups in total. The van der Waals surface area contributed by atoms with Crippen molar-refractivity contribution in [1.82, 2.24) is 25.9 Å². The fraction of sp³-hybridized carbons (Fsp3) is 0.649. The molecular formula is C37H54ClN5O6. The van der Waals surface area contributed by atoms with E-state index in [1.54, 1.807) is 26.0 Å². The summed E-state index contributed by atoms with van der Waals surface area (Å²) in [4.78, 5) is 77.5. The van der Waals surface area contributed by atoms with Gasteiger partial charge in [-0.25, -0.2) is 0 Å². The molecule has 2 heterocycles. The van der Waals surface area contributed by atoms with Crippen LogP contribution in [0.5, 0.6) is 0 Å². The van der Waals surface area contributed by atoms with Gasteiger partial charge in [0, 0.05) is 36.5 Å². The standard InChI is InChI=1S/C37H54ClN5O6/c1-7-14-27(31(45)34(47)42(8-2)9-3)39-33(46)29-22-37(21-28(41-49-37)25-17-13-18-26(38)20-25)23-43(29)35(48)32(36(4,5)6)40-30(44)19-24-15-11-10-12-16-24/h13,17-18,20-21,24,27,29,32,41H,7-12,14-16,19,22-23H2,1-6H3,(H,39,46)(H,40,44)/t27-,29-,32+,37+/m0/s1. The van der Waals surface area contributed by atoms with Crippen LogP contribution in [0.25, 0.3) is 5.70 Å². The van der Waals surface area contributed by atoms with Gasteiger partial charge in [0.2, 0.25) is 23.5 Å². The van der Waals surface area contributed by atoms with Crippen molar-refractivity contribution < 1.29 is 28.8 Å². The fourth-order valence-corrected chi connectivity index (χ4v) is 7.34. The molecule has 0 unspecified atom stereocenters. The van der Waals surface area contributed by atoms with Gasteiger partial charge >= 0.3 is 0 Å². The molecule has 3 aliphatic rings. The highest BCUT2D eigenvalue weighted by atomic mass is 35.5. The van der Waals surface area contributed by atoms with Crippen LogP contribution in [0, 0.1) is 11.3 Å². The quantitative estimate of drug-likeness (QED) is 0.252. The second-order valence-electron chi connectivity index (χ2n) is 14.8. The van der Waals surface area contributed by atoms with Gasteiger partial charge in [0.1, 0.15) is 17.7 Å². The molecule has 4 atom stereocenters. The molecular weight excluding hydrogens is 646 g/mol. The highest BCUT2D eigenvalue weighted by Gasteiger charge is 2.54. The average molecular weight is 700 g/mol. The third-order valence-corrected chi connectivity index (χ3v) is 10.2. The zero-order valence-electron chi connectivity index (χ0n) is 29.9. The monoisotopic (exact) mass is 699 g/mol. The molecule has 1 aliphatic carbocycles. The first-order valence-corrected chi connectivity index (χ1v) is 18.3. The van der Waals surface area contributed by atoms with Crippen LogP contribution < -0.4 is 16.1 Å². The number of halogens is 1. The fourth-order valence-electron chi connectivity index (χ4n) is 7.15.